The first-order valence-corrected chi connectivity index (χ1v) is 11.7. The van der Waals surface area contributed by atoms with Crippen molar-refractivity contribution < 1.29 is 35.9 Å². The number of nitrogens with zero attached hydrogens (tertiary/aromatic N) is 1. The Kier molecular flexibility index (Phi) is 9.76. The predicted octanol–water partition coefficient (Wildman–Crippen LogP) is 8.39. The van der Waals surface area contributed by atoms with Gasteiger partial charge in [-0.25, -0.2) is 4.79 Å². The van der Waals surface area contributed by atoms with Crippen molar-refractivity contribution in [2.75, 3.05) is 0 Å². The van der Waals surface area contributed by atoms with Gasteiger partial charge in [-0.3, -0.25) is 4.90 Å². The second kappa shape index (κ2) is 11.7. The Morgan fingerprint density at radius 2 is 1.45 bits per heavy atom. The number of carbonyl (C=O) groups is 1. The van der Waals surface area contributed by atoms with Crippen LogP contribution in [0.4, 0.5) is 31.1 Å². The molecule has 1 amide bonds. The van der Waals surface area contributed by atoms with Gasteiger partial charge in [-0.15, -0.1) is 0 Å². The van der Waals surface area contributed by atoms with Crippen molar-refractivity contribution in [3.63, 3.8) is 0 Å². The number of unbranched alkanes of at least 4 members (excludes halogenated alkanes) is 5. The zero-order chi connectivity index (χ0) is 24.8. The summed E-state index contributed by atoms with van der Waals surface area (Å²) in [5.41, 5.74) is -4.08. The van der Waals surface area contributed by atoms with Gasteiger partial charge in [0, 0.05) is 5.92 Å². The van der Waals surface area contributed by atoms with Crippen LogP contribution in [0.2, 0.25) is 0 Å². The van der Waals surface area contributed by atoms with Crippen molar-refractivity contribution >= 4 is 17.7 Å². The summed E-state index contributed by atoms with van der Waals surface area (Å²) < 4.78 is 84.4. The highest BCUT2D eigenvalue weighted by Gasteiger charge is 2.42. The molecule has 0 saturated carbocycles. The number of halogens is 7. The summed E-state index contributed by atoms with van der Waals surface area (Å²) in [6, 6.07) is 1.27. The SMILES string of the molecule is CCCCCCCCC1OC(=O)N(Cc2cc(C(F)(F)F)cc(C(F)(F)F)c2)C(Cl)C1CC. The van der Waals surface area contributed by atoms with E-state index in [-0.39, 0.29) is 17.5 Å². The molecule has 1 aromatic carbocycles. The van der Waals surface area contributed by atoms with Crippen LogP contribution in [0.15, 0.2) is 18.2 Å². The summed E-state index contributed by atoms with van der Waals surface area (Å²) in [6.07, 6.45) is -3.65. The van der Waals surface area contributed by atoms with Gasteiger partial charge in [-0.1, -0.05) is 57.6 Å². The lowest BCUT2D eigenvalue weighted by atomic mass is 9.92. The zero-order valence-electron chi connectivity index (χ0n) is 18.7. The van der Waals surface area contributed by atoms with Crippen LogP contribution in [0.25, 0.3) is 0 Å². The average molecular weight is 502 g/mol. The maximum absolute atomic E-state index is 13.2. The second-order valence-corrected chi connectivity index (χ2v) is 8.91. The van der Waals surface area contributed by atoms with E-state index < -0.39 is 47.7 Å². The van der Waals surface area contributed by atoms with Crippen LogP contribution in [0.5, 0.6) is 0 Å². The van der Waals surface area contributed by atoms with E-state index in [1.165, 1.54) is 6.42 Å². The van der Waals surface area contributed by atoms with E-state index in [0.717, 1.165) is 37.0 Å². The molecule has 1 aliphatic rings. The Balaban J connectivity index is 2.15. The Hall–Kier alpha value is -1.64. The molecule has 0 aromatic heterocycles. The first kappa shape index (κ1) is 27.6. The number of carbonyl (C=O) groups excluding carboxylic acids is 1. The van der Waals surface area contributed by atoms with E-state index in [1.54, 1.807) is 0 Å². The summed E-state index contributed by atoms with van der Waals surface area (Å²) in [6.45, 7) is 3.47. The maximum atomic E-state index is 13.2. The topological polar surface area (TPSA) is 29.5 Å². The summed E-state index contributed by atoms with van der Waals surface area (Å²) in [5, 5.41) is 0. The van der Waals surface area contributed by atoms with Crippen LogP contribution in [-0.4, -0.2) is 22.6 Å². The minimum atomic E-state index is -4.97. The van der Waals surface area contributed by atoms with E-state index in [9.17, 15) is 31.1 Å². The zero-order valence-corrected chi connectivity index (χ0v) is 19.5. The van der Waals surface area contributed by atoms with Crippen molar-refractivity contribution in [2.45, 2.75) is 95.7 Å². The number of rotatable bonds is 10. The minimum absolute atomic E-state index is 0.0571. The summed E-state index contributed by atoms with van der Waals surface area (Å²) >= 11 is 6.51. The van der Waals surface area contributed by atoms with Crippen molar-refractivity contribution in [2.24, 2.45) is 5.92 Å². The van der Waals surface area contributed by atoms with Crippen LogP contribution in [0.3, 0.4) is 0 Å². The van der Waals surface area contributed by atoms with Crippen LogP contribution >= 0.6 is 11.6 Å². The molecule has 10 heteroatoms. The molecule has 188 valence electrons. The van der Waals surface area contributed by atoms with Gasteiger partial charge in [-0.2, -0.15) is 26.3 Å². The molecule has 1 fully saturated rings. The molecule has 3 atom stereocenters. The number of hydrogen-bond donors (Lipinski definition) is 0. The number of hydrogen-bond acceptors (Lipinski definition) is 2. The quantitative estimate of drug-likeness (QED) is 0.139. The smallest absolute Gasteiger partial charge is 0.416 e. The average Bonchev–Trinajstić information content (AvgIpc) is 2.72. The molecule has 1 heterocycles. The molecule has 3 unspecified atom stereocenters. The first-order valence-electron chi connectivity index (χ1n) is 11.3. The van der Waals surface area contributed by atoms with Crippen LogP contribution in [0, 0.1) is 5.92 Å². The van der Waals surface area contributed by atoms with Crippen molar-refractivity contribution in [1.29, 1.82) is 0 Å². The summed E-state index contributed by atoms with van der Waals surface area (Å²) in [5.74, 6) is -0.284. The number of cyclic esters (lactones) is 1. The van der Waals surface area contributed by atoms with Crippen molar-refractivity contribution in [1.82, 2.24) is 4.90 Å². The Morgan fingerprint density at radius 1 is 0.909 bits per heavy atom. The lowest BCUT2D eigenvalue weighted by Crippen LogP contribution is -2.52. The van der Waals surface area contributed by atoms with Gasteiger partial charge in [-0.05, 0) is 43.0 Å². The fourth-order valence-electron chi connectivity index (χ4n) is 4.11. The fourth-order valence-corrected chi connectivity index (χ4v) is 4.60. The molecule has 0 bridgehead atoms. The van der Waals surface area contributed by atoms with Gasteiger partial charge in [0.15, 0.2) is 0 Å². The molecule has 0 N–H and O–H groups in total. The Labute approximate surface area is 195 Å². The van der Waals surface area contributed by atoms with Gasteiger partial charge in [0.2, 0.25) is 0 Å². The third kappa shape index (κ3) is 7.69. The molecule has 3 nitrogen and oxygen atoms in total. The Bertz CT molecular complexity index is 751. The molecular weight excluding hydrogens is 472 g/mol. The molecule has 0 radical (unpaired) electrons. The normalized spacial score (nSPS) is 21.9. The van der Waals surface area contributed by atoms with Gasteiger partial charge in [0.1, 0.15) is 11.6 Å². The number of alkyl halides is 7. The summed E-state index contributed by atoms with van der Waals surface area (Å²) in [4.78, 5) is 13.6. The van der Waals surface area contributed by atoms with Crippen molar-refractivity contribution in [3.8, 4) is 0 Å². The lowest BCUT2D eigenvalue weighted by Gasteiger charge is -2.42. The monoisotopic (exact) mass is 501 g/mol. The molecule has 2 rings (SSSR count). The van der Waals surface area contributed by atoms with Crippen LogP contribution < -0.4 is 0 Å². The molecular formula is C23H30ClF6NO2. The molecule has 0 spiro atoms. The van der Waals surface area contributed by atoms with E-state index >= 15 is 0 Å². The molecule has 33 heavy (non-hydrogen) atoms. The highest BCUT2D eigenvalue weighted by Crippen LogP contribution is 2.38. The minimum Gasteiger partial charge on any atom is -0.446 e. The van der Waals surface area contributed by atoms with E-state index in [0.29, 0.717) is 25.0 Å². The van der Waals surface area contributed by atoms with Crippen LogP contribution in [-0.2, 0) is 23.6 Å². The standard InChI is InChI=1S/C23H30ClF6NO2/c1-3-5-6-7-8-9-10-19-18(4-2)20(24)31(21(32)33-19)14-15-11-16(22(25,26)27)13-17(12-15)23(28,29)30/h11-13,18-20H,3-10,14H2,1-2H3. The fraction of sp³-hybridized carbons (Fsp3) is 0.696. The number of amides is 1. The van der Waals surface area contributed by atoms with Gasteiger partial charge in [0.25, 0.3) is 0 Å². The van der Waals surface area contributed by atoms with E-state index in [1.807, 2.05) is 6.92 Å². The van der Waals surface area contributed by atoms with Gasteiger partial charge < -0.3 is 4.74 Å². The molecule has 1 aromatic rings. The summed E-state index contributed by atoms with van der Waals surface area (Å²) in [7, 11) is 0. The first-order chi connectivity index (χ1) is 15.4. The number of benzene rings is 1. The third-order valence-corrected chi connectivity index (χ3v) is 6.49. The van der Waals surface area contributed by atoms with E-state index in [4.69, 9.17) is 16.3 Å². The maximum Gasteiger partial charge on any atom is 0.416 e. The van der Waals surface area contributed by atoms with E-state index in [2.05, 4.69) is 6.92 Å². The second-order valence-electron chi connectivity index (χ2n) is 8.47. The van der Waals surface area contributed by atoms with Crippen molar-refractivity contribution in [3.05, 3.63) is 34.9 Å². The largest absolute Gasteiger partial charge is 0.446 e. The number of ether oxygens (including phenoxy) is 1. The molecule has 0 aliphatic carbocycles. The van der Waals surface area contributed by atoms with Gasteiger partial charge >= 0.3 is 18.4 Å². The Morgan fingerprint density at radius 3 is 1.97 bits per heavy atom. The lowest BCUT2D eigenvalue weighted by molar-refractivity contribution is -0.143. The molecule has 1 aliphatic heterocycles. The van der Waals surface area contributed by atoms with Gasteiger partial charge in [0.05, 0.1) is 17.7 Å². The molecule has 1 saturated heterocycles. The van der Waals surface area contributed by atoms with Crippen LogP contribution in [0.1, 0.15) is 81.9 Å². The third-order valence-electron chi connectivity index (χ3n) is 5.93. The highest BCUT2D eigenvalue weighted by atomic mass is 35.5. The predicted molar refractivity (Wildman–Crippen MR) is 114 cm³/mol. The highest BCUT2D eigenvalue weighted by molar-refractivity contribution is 6.21.